The maximum atomic E-state index is 5.75. The smallest absolute Gasteiger partial charge is 0.119 e. The van der Waals surface area contributed by atoms with Gasteiger partial charge in [-0.2, -0.15) is 0 Å². The average molecular weight is 285 g/mol. The van der Waals surface area contributed by atoms with Gasteiger partial charge in [-0.05, 0) is 50.1 Å². The fourth-order valence-electron chi connectivity index (χ4n) is 1.94. The number of nitrogens with zero attached hydrogens (tertiary/aromatic N) is 1. The number of ether oxygens (including phenoxy) is 1. The highest BCUT2D eigenvalue weighted by molar-refractivity contribution is 5.83. The number of aliphatic imine (C=N–C) groups is 1. The van der Waals surface area contributed by atoms with Crippen LogP contribution in [-0.2, 0) is 0 Å². The van der Waals surface area contributed by atoms with E-state index in [1.54, 1.807) is 6.21 Å². The predicted molar refractivity (Wildman–Crippen MR) is 93.0 cm³/mol. The van der Waals surface area contributed by atoms with Gasteiger partial charge in [-0.3, -0.25) is 4.99 Å². The average Bonchev–Trinajstić information content (AvgIpc) is 2.49. The zero-order valence-corrected chi connectivity index (χ0v) is 13.6. The number of benzene rings is 1. The van der Waals surface area contributed by atoms with E-state index >= 15 is 0 Å². The van der Waals surface area contributed by atoms with Crippen LogP contribution in [0.3, 0.4) is 0 Å². The topological polar surface area (TPSA) is 21.6 Å². The van der Waals surface area contributed by atoms with Gasteiger partial charge in [0.2, 0.25) is 0 Å². The van der Waals surface area contributed by atoms with Gasteiger partial charge in [0.05, 0.1) is 12.3 Å². The van der Waals surface area contributed by atoms with E-state index < -0.39 is 0 Å². The molecule has 0 atom stereocenters. The molecule has 0 heterocycles. The first-order valence-corrected chi connectivity index (χ1v) is 7.76. The summed E-state index contributed by atoms with van der Waals surface area (Å²) >= 11 is 0. The molecule has 0 saturated carbocycles. The highest BCUT2D eigenvalue weighted by Crippen LogP contribution is 2.20. The number of hydrogen-bond acceptors (Lipinski definition) is 2. The molecule has 0 aliphatic heterocycles. The Labute approximate surface area is 129 Å². The van der Waals surface area contributed by atoms with Crippen LogP contribution in [0, 0.1) is 0 Å². The van der Waals surface area contributed by atoms with Gasteiger partial charge >= 0.3 is 0 Å². The molecule has 21 heavy (non-hydrogen) atoms. The third kappa shape index (κ3) is 6.94. The molecule has 0 aliphatic carbocycles. The molecule has 0 amide bonds. The zero-order chi connectivity index (χ0) is 15.5. The first-order chi connectivity index (χ1) is 10.2. The molecule has 0 N–H and O–H groups in total. The van der Waals surface area contributed by atoms with Crippen LogP contribution in [0.1, 0.15) is 52.0 Å². The van der Waals surface area contributed by atoms with E-state index in [-0.39, 0.29) is 0 Å². The normalized spacial score (nSPS) is 11.9. The van der Waals surface area contributed by atoms with E-state index in [9.17, 15) is 0 Å². The van der Waals surface area contributed by atoms with Gasteiger partial charge in [-0.15, -0.1) is 0 Å². The van der Waals surface area contributed by atoms with Crippen LogP contribution in [0.5, 0.6) is 5.75 Å². The fraction of sp³-hybridized carbons (Fsp3) is 0.421. The summed E-state index contributed by atoms with van der Waals surface area (Å²) in [5.41, 5.74) is 2.99. The second kappa shape index (κ2) is 9.98. The Kier molecular flexibility index (Phi) is 8.18. The Morgan fingerprint density at radius 2 is 1.90 bits per heavy atom. The lowest BCUT2D eigenvalue weighted by atomic mass is 10.1. The minimum absolute atomic E-state index is 0.795. The van der Waals surface area contributed by atoms with E-state index in [2.05, 4.69) is 18.5 Å². The minimum Gasteiger partial charge on any atom is -0.494 e. The summed E-state index contributed by atoms with van der Waals surface area (Å²) in [7, 11) is 0. The maximum Gasteiger partial charge on any atom is 0.119 e. The molecule has 0 fully saturated rings. The molecule has 0 spiro atoms. The van der Waals surface area contributed by atoms with Gasteiger partial charge in [0.1, 0.15) is 5.75 Å². The van der Waals surface area contributed by atoms with Crippen molar-refractivity contribution in [2.24, 2.45) is 4.99 Å². The van der Waals surface area contributed by atoms with Gasteiger partial charge in [-0.1, -0.05) is 38.8 Å². The number of rotatable bonds is 9. The first kappa shape index (κ1) is 17.2. The standard InChI is InChI=1S/C19H27NO/c1-5-7-8-9-14-21-18-12-10-17(11-13-18)19(6-2)20-15-16(3)4/h6,10-13,15H,3,5,7-9,14H2,1-2,4H3/b19-6-,20-15?. The summed E-state index contributed by atoms with van der Waals surface area (Å²) in [6.07, 6.45) is 8.69. The van der Waals surface area contributed by atoms with Crippen molar-refractivity contribution in [3.8, 4) is 5.75 Å². The molecule has 0 saturated heterocycles. The summed E-state index contributed by atoms with van der Waals surface area (Å²) < 4.78 is 5.75. The second-order valence-corrected chi connectivity index (χ2v) is 5.21. The van der Waals surface area contributed by atoms with Crippen LogP contribution in [0.15, 0.2) is 47.5 Å². The van der Waals surface area contributed by atoms with Crippen LogP contribution in [-0.4, -0.2) is 12.8 Å². The molecule has 1 aromatic rings. The molecule has 2 heteroatoms. The van der Waals surface area contributed by atoms with Crippen molar-refractivity contribution in [1.82, 2.24) is 0 Å². The van der Waals surface area contributed by atoms with Crippen molar-refractivity contribution < 1.29 is 4.74 Å². The Morgan fingerprint density at radius 3 is 2.48 bits per heavy atom. The maximum absolute atomic E-state index is 5.75. The lowest BCUT2D eigenvalue weighted by Crippen LogP contribution is -1.97. The van der Waals surface area contributed by atoms with E-state index in [4.69, 9.17) is 4.74 Å². The van der Waals surface area contributed by atoms with Crippen molar-refractivity contribution in [3.05, 3.63) is 48.1 Å². The quantitative estimate of drug-likeness (QED) is 0.424. The largest absolute Gasteiger partial charge is 0.494 e. The molecule has 0 unspecified atom stereocenters. The van der Waals surface area contributed by atoms with E-state index in [1.165, 1.54) is 19.3 Å². The lowest BCUT2D eigenvalue weighted by Gasteiger charge is -2.07. The number of unbranched alkanes of at least 4 members (excludes halogenated alkanes) is 3. The highest BCUT2D eigenvalue weighted by atomic mass is 16.5. The molecule has 2 nitrogen and oxygen atoms in total. The molecular formula is C19H27NO. The molecule has 0 aliphatic rings. The zero-order valence-electron chi connectivity index (χ0n) is 13.6. The third-order valence-corrected chi connectivity index (χ3v) is 3.11. The molecule has 1 aromatic carbocycles. The summed E-state index contributed by atoms with van der Waals surface area (Å²) in [5.74, 6) is 0.926. The molecular weight excluding hydrogens is 258 g/mol. The molecule has 1 rings (SSSR count). The Morgan fingerprint density at radius 1 is 1.19 bits per heavy atom. The van der Waals surface area contributed by atoms with Crippen molar-refractivity contribution in [1.29, 1.82) is 0 Å². The third-order valence-electron chi connectivity index (χ3n) is 3.11. The molecule has 0 aromatic heterocycles. The monoisotopic (exact) mass is 285 g/mol. The second-order valence-electron chi connectivity index (χ2n) is 5.21. The van der Waals surface area contributed by atoms with Crippen molar-refractivity contribution in [3.63, 3.8) is 0 Å². The SMILES string of the molecule is C=C(C)C=N/C(=C\C)c1ccc(OCCCCCC)cc1. The van der Waals surface area contributed by atoms with Gasteiger partial charge in [0, 0.05) is 11.8 Å². The van der Waals surface area contributed by atoms with Crippen LogP contribution in [0.2, 0.25) is 0 Å². The highest BCUT2D eigenvalue weighted by Gasteiger charge is 2.00. The Bertz CT molecular complexity index is 483. The van der Waals surface area contributed by atoms with Crippen LogP contribution in [0.4, 0.5) is 0 Å². The summed E-state index contributed by atoms with van der Waals surface area (Å²) in [4.78, 5) is 4.43. The van der Waals surface area contributed by atoms with Crippen LogP contribution in [0.25, 0.3) is 5.70 Å². The van der Waals surface area contributed by atoms with Gasteiger partial charge in [-0.25, -0.2) is 0 Å². The van der Waals surface area contributed by atoms with E-state index in [0.717, 1.165) is 35.6 Å². The van der Waals surface area contributed by atoms with Crippen molar-refractivity contribution >= 4 is 11.9 Å². The van der Waals surface area contributed by atoms with Crippen LogP contribution >= 0.6 is 0 Å². The van der Waals surface area contributed by atoms with E-state index in [1.807, 2.05) is 44.2 Å². The first-order valence-electron chi connectivity index (χ1n) is 7.76. The summed E-state index contributed by atoms with van der Waals surface area (Å²) in [6, 6.07) is 8.11. The fourth-order valence-corrected chi connectivity index (χ4v) is 1.94. The number of hydrogen-bond donors (Lipinski definition) is 0. The van der Waals surface area contributed by atoms with Gasteiger partial charge in [0.25, 0.3) is 0 Å². The number of allylic oxidation sites excluding steroid dienone is 2. The molecule has 0 bridgehead atoms. The van der Waals surface area contributed by atoms with Gasteiger partial charge < -0.3 is 4.74 Å². The van der Waals surface area contributed by atoms with Gasteiger partial charge in [0.15, 0.2) is 0 Å². The molecule has 0 radical (unpaired) electrons. The molecule has 114 valence electrons. The van der Waals surface area contributed by atoms with E-state index in [0.29, 0.717) is 0 Å². The lowest BCUT2D eigenvalue weighted by molar-refractivity contribution is 0.305. The minimum atomic E-state index is 0.795. The van der Waals surface area contributed by atoms with Crippen LogP contribution < -0.4 is 4.74 Å². The Hall–Kier alpha value is -1.83. The predicted octanol–water partition coefficient (Wildman–Crippen LogP) is 5.65. The summed E-state index contributed by atoms with van der Waals surface area (Å²) in [6.45, 7) is 10.8. The van der Waals surface area contributed by atoms with Crippen molar-refractivity contribution in [2.45, 2.75) is 46.5 Å². The van der Waals surface area contributed by atoms with Crippen molar-refractivity contribution in [2.75, 3.05) is 6.61 Å². The Balaban J connectivity index is 2.54. The summed E-state index contributed by atoms with van der Waals surface area (Å²) in [5, 5.41) is 0.